The summed E-state index contributed by atoms with van der Waals surface area (Å²) in [6, 6.07) is 0. The molecule has 360 valence electrons. The lowest BCUT2D eigenvalue weighted by molar-refractivity contribution is -0.167. The highest BCUT2D eigenvalue weighted by atomic mass is 16.6. The van der Waals surface area contributed by atoms with Gasteiger partial charge in [-0.3, -0.25) is 14.4 Å². The van der Waals surface area contributed by atoms with Gasteiger partial charge >= 0.3 is 17.9 Å². The van der Waals surface area contributed by atoms with Gasteiger partial charge in [0, 0.05) is 19.3 Å². The minimum atomic E-state index is -0.807. The van der Waals surface area contributed by atoms with Crippen LogP contribution < -0.4 is 0 Å². The Bertz CT molecular complexity index is 1240. The maximum atomic E-state index is 12.8. The molecule has 0 spiro atoms. The standard InChI is InChI=1S/C57H96O6/c1-4-7-10-13-16-19-22-24-26-27-28-29-31-32-35-38-41-44-47-50-56(59)62-53-54(52-61-55(58)49-46-43-40-37-34-21-18-15-12-9-6-3)63-57(60)51-48-45-42-39-36-33-30-25-23-20-17-14-11-8-5-2/h8,11,14-15,17-18,20-21,23,25,30,33-34,36,54H,4-7,9-10,12-13,16,19,22,24,26-29,31-32,35,37-53H2,1-3H3/b11-8-,17-14-,18-15-,23-20-,30-25-,34-21-,36-33-. The van der Waals surface area contributed by atoms with Crippen molar-refractivity contribution in [1.82, 2.24) is 0 Å². The maximum Gasteiger partial charge on any atom is 0.306 e. The SMILES string of the molecule is CC\C=C/C=C\C=C/C=C\C=C/CCCCCC(=O)OC(COC(=O)CCCCC/C=C\C=C/CCCC)COC(=O)CCCCCCCCCCCCCCCCCCCCC. The summed E-state index contributed by atoms with van der Waals surface area (Å²) in [6.07, 6.45) is 65.8. The Kier molecular flexibility index (Phi) is 48.5. The minimum absolute atomic E-state index is 0.101. The van der Waals surface area contributed by atoms with Gasteiger partial charge in [-0.1, -0.05) is 247 Å². The third-order valence-corrected chi connectivity index (χ3v) is 11.0. The summed E-state index contributed by atoms with van der Waals surface area (Å²) in [5.41, 5.74) is 0. The molecule has 0 heterocycles. The first-order valence-corrected chi connectivity index (χ1v) is 26.2. The maximum absolute atomic E-state index is 12.8. The molecule has 0 aromatic rings. The normalized spacial score (nSPS) is 12.7. The lowest BCUT2D eigenvalue weighted by atomic mass is 10.0. The Morgan fingerprint density at radius 2 is 0.635 bits per heavy atom. The highest BCUT2D eigenvalue weighted by Gasteiger charge is 2.19. The molecule has 0 saturated heterocycles. The van der Waals surface area contributed by atoms with Crippen molar-refractivity contribution >= 4 is 17.9 Å². The monoisotopic (exact) mass is 877 g/mol. The van der Waals surface area contributed by atoms with Gasteiger partial charge in [0.1, 0.15) is 13.2 Å². The zero-order valence-corrected chi connectivity index (χ0v) is 41.1. The zero-order chi connectivity index (χ0) is 45.8. The molecule has 0 amide bonds. The molecule has 1 atom stereocenters. The van der Waals surface area contributed by atoms with E-state index in [4.69, 9.17) is 14.2 Å². The predicted octanol–water partition coefficient (Wildman–Crippen LogP) is 17.2. The first-order valence-electron chi connectivity index (χ1n) is 26.2. The number of esters is 3. The van der Waals surface area contributed by atoms with E-state index in [1.54, 1.807) is 0 Å². The molecule has 0 aromatic heterocycles. The summed E-state index contributed by atoms with van der Waals surface area (Å²) in [4.78, 5) is 37.9. The van der Waals surface area contributed by atoms with Gasteiger partial charge in [0.15, 0.2) is 6.10 Å². The Labute approximate surface area is 388 Å². The van der Waals surface area contributed by atoms with Gasteiger partial charge in [0.2, 0.25) is 0 Å². The molecule has 1 unspecified atom stereocenters. The number of hydrogen-bond acceptors (Lipinski definition) is 6. The fraction of sp³-hybridized carbons (Fsp3) is 0.702. The van der Waals surface area contributed by atoms with Gasteiger partial charge < -0.3 is 14.2 Å². The Morgan fingerprint density at radius 1 is 0.333 bits per heavy atom. The quantitative estimate of drug-likeness (QED) is 0.0262. The number of carbonyl (C=O) groups is 3. The lowest BCUT2D eigenvalue weighted by Gasteiger charge is -2.18. The summed E-state index contributed by atoms with van der Waals surface area (Å²) < 4.78 is 16.7. The van der Waals surface area contributed by atoms with Crippen molar-refractivity contribution in [3.05, 3.63) is 85.1 Å². The summed E-state index contributed by atoms with van der Waals surface area (Å²) >= 11 is 0. The van der Waals surface area contributed by atoms with Gasteiger partial charge in [-0.2, -0.15) is 0 Å². The third kappa shape index (κ3) is 49.5. The predicted molar refractivity (Wildman–Crippen MR) is 270 cm³/mol. The van der Waals surface area contributed by atoms with Crippen LogP contribution in [0, 0.1) is 0 Å². The molecule has 0 radical (unpaired) electrons. The minimum Gasteiger partial charge on any atom is -0.462 e. The molecule has 0 saturated carbocycles. The molecule has 6 heteroatoms. The van der Waals surface area contributed by atoms with E-state index in [1.807, 2.05) is 48.6 Å². The second-order valence-electron chi connectivity index (χ2n) is 17.2. The van der Waals surface area contributed by atoms with Crippen LogP contribution in [0.15, 0.2) is 85.1 Å². The molecule has 0 rings (SSSR count). The van der Waals surface area contributed by atoms with Crippen LogP contribution in [0.4, 0.5) is 0 Å². The third-order valence-electron chi connectivity index (χ3n) is 11.0. The summed E-state index contributed by atoms with van der Waals surface area (Å²) in [5, 5.41) is 0. The van der Waals surface area contributed by atoms with Gasteiger partial charge in [0.05, 0.1) is 0 Å². The van der Waals surface area contributed by atoms with Gasteiger partial charge in [0.25, 0.3) is 0 Å². The van der Waals surface area contributed by atoms with Crippen molar-refractivity contribution < 1.29 is 28.6 Å². The van der Waals surface area contributed by atoms with Crippen LogP contribution in [0.25, 0.3) is 0 Å². The number of rotatable bonds is 46. The van der Waals surface area contributed by atoms with E-state index >= 15 is 0 Å². The zero-order valence-electron chi connectivity index (χ0n) is 41.1. The van der Waals surface area contributed by atoms with E-state index < -0.39 is 6.10 Å². The highest BCUT2D eigenvalue weighted by molar-refractivity contribution is 5.71. The topological polar surface area (TPSA) is 78.9 Å². The van der Waals surface area contributed by atoms with E-state index in [2.05, 4.69) is 57.2 Å². The molecule has 6 nitrogen and oxygen atoms in total. The van der Waals surface area contributed by atoms with E-state index in [-0.39, 0.29) is 37.5 Å². The van der Waals surface area contributed by atoms with Crippen LogP contribution in [0.3, 0.4) is 0 Å². The van der Waals surface area contributed by atoms with Crippen LogP contribution in [-0.2, 0) is 28.6 Å². The molecule has 0 fully saturated rings. The summed E-state index contributed by atoms with van der Waals surface area (Å²) in [7, 11) is 0. The van der Waals surface area contributed by atoms with Crippen LogP contribution >= 0.6 is 0 Å². The average Bonchev–Trinajstić information content (AvgIpc) is 3.28. The van der Waals surface area contributed by atoms with Gasteiger partial charge in [-0.25, -0.2) is 0 Å². The van der Waals surface area contributed by atoms with E-state index in [0.29, 0.717) is 19.3 Å². The highest BCUT2D eigenvalue weighted by Crippen LogP contribution is 2.16. The smallest absolute Gasteiger partial charge is 0.306 e. The summed E-state index contributed by atoms with van der Waals surface area (Å²) in [5.74, 6) is -0.972. The molecular weight excluding hydrogens is 781 g/mol. The second kappa shape index (κ2) is 51.2. The fourth-order valence-electron chi connectivity index (χ4n) is 7.09. The lowest BCUT2D eigenvalue weighted by Crippen LogP contribution is -2.30. The first-order chi connectivity index (χ1) is 31.0. The largest absolute Gasteiger partial charge is 0.462 e. The van der Waals surface area contributed by atoms with Gasteiger partial charge in [-0.05, 0) is 57.8 Å². The molecule has 0 aromatic carbocycles. The van der Waals surface area contributed by atoms with Crippen LogP contribution in [-0.4, -0.2) is 37.2 Å². The molecular formula is C57H96O6. The Balaban J connectivity index is 4.41. The molecule has 0 N–H and O–H groups in total. The Morgan fingerprint density at radius 3 is 1.03 bits per heavy atom. The Hall–Kier alpha value is -3.41. The van der Waals surface area contributed by atoms with Gasteiger partial charge in [-0.15, -0.1) is 0 Å². The molecule has 63 heavy (non-hydrogen) atoms. The van der Waals surface area contributed by atoms with Crippen LogP contribution in [0.2, 0.25) is 0 Å². The van der Waals surface area contributed by atoms with Crippen molar-refractivity contribution in [2.45, 2.75) is 245 Å². The van der Waals surface area contributed by atoms with Crippen molar-refractivity contribution in [2.75, 3.05) is 13.2 Å². The summed E-state index contributed by atoms with van der Waals surface area (Å²) in [6.45, 7) is 6.39. The van der Waals surface area contributed by atoms with E-state index in [9.17, 15) is 14.4 Å². The number of ether oxygens (including phenoxy) is 3. The van der Waals surface area contributed by atoms with Crippen LogP contribution in [0.1, 0.15) is 239 Å². The van der Waals surface area contributed by atoms with Crippen molar-refractivity contribution in [3.63, 3.8) is 0 Å². The molecule has 0 bridgehead atoms. The van der Waals surface area contributed by atoms with E-state index in [1.165, 1.54) is 116 Å². The number of hydrogen-bond donors (Lipinski definition) is 0. The molecule has 0 aliphatic heterocycles. The number of carbonyl (C=O) groups excluding carboxylic acids is 3. The van der Waals surface area contributed by atoms with Crippen LogP contribution in [0.5, 0.6) is 0 Å². The molecule has 0 aliphatic carbocycles. The fourth-order valence-corrected chi connectivity index (χ4v) is 7.09. The number of unbranched alkanes of at least 4 members (excludes halogenated alkanes) is 26. The van der Waals surface area contributed by atoms with Crippen molar-refractivity contribution in [3.8, 4) is 0 Å². The average molecular weight is 877 g/mol. The van der Waals surface area contributed by atoms with Crippen molar-refractivity contribution in [1.29, 1.82) is 0 Å². The molecule has 0 aliphatic rings. The second-order valence-corrected chi connectivity index (χ2v) is 17.2. The van der Waals surface area contributed by atoms with Crippen molar-refractivity contribution in [2.24, 2.45) is 0 Å². The number of allylic oxidation sites excluding steroid dienone is 14. The first kappa shape index (κ1) is 59.6. The van der Waals surface area contributed by atoms with E-state index in [0.717, 1.165) is 77.0 Å².